The molecule has 2 rings (SSSR count). The Labute approximate surface area is 144 Å². The van der Waals surface area contributed by atoms with Crippen molar-refractivity contribution in [3.8, 4) is 5.75 Å². The van der Waals surface area contributed by atoms with Crippen molar-refractivity contribution in [3.63, 3.8) is 0 Å². The molecule has 0 fully saturated rings. The van der Waals surface area contributed by atoms with Gasteiger partial charge in [0, 0.05) is 17.5 Å². The van der Waals surface area contributed by atoms with Gasteiger partial charge >= 0.3 is 0 Å². The topological polar surface area (TPSA) is 46.5 Å². The average Bonchev–Trinajstić information content (AvgIpc) is 2.62. The normalized spacial score (nSPS) is 11.9. The second-order valence-electron chi connectivity index (χ2n) is 5.99. The summed E-state index contributed by atoms with van der Waals surface area (Å²) in [5.41, 5.74) is 1.28. The number of ketones is 1. The molecule has 0 aliphatic rings. The van der Waals surface area contributed by atoms with Gasteiger partial charge in [-0.2, -0.15) is 0 Å². The van der Waals surface area contributed by atoms with E-state index < -0.39 is 6.29 Å². The summed E-state index contributed by atoms with van der Waals surface area (Å²) in [6.07, 6.45) is 5.60. The highest BCUT2D eigenvalue weighted by Gasteiger charge is 2.10. The number of aliphatic hydroxyl groups is 1. The molecule has 0 amide bonds. The quantitative estimate of drug-likeness (QED) is 0.381. The Morgan fingerprint density at radius 3 is 2.21 bits per heavy atom. The van der Waals surface area contributed by atoms with Gasteiger partial charge in [0.1, 0.15) is 5.75 Å². The second-order valence-corrected chi connectivity index (χ2v) is 5.99. The Bertz CT molecular complexity index is 605. The Balaban J connectivity index is 1.82. The van der Waals surface area contributed by atoms with Crippen LogP contribution in [0.25, 0.3) is 0 Å². The summed E-state index contributed by atoms with van der Waals surface area (Å²) in [5, 5.41) is 9.93. The van der Waals surface area contributed by atoms with Crippen molar-refractivity contribution in [3.05, 3.63) is 65.7 Å². The minimum absolute atomic E-state index is 0.0152. The van der Waals surface area contributed by atoms with Crippen LogP contribution in [0, 0.1) is 0 Å². The van der Waals surface area contributed by atoms with Crippen molar-refractivity contribution >= 4 is 5.78 Å². The number of rotatable bonds is 10. The van der Waals surface area contributed by atoms with Crippen LogP contribution in [0.5, 0.6) is 5.75 Å². The minimum Gasteiger partial charge on any atom is -0.465 e. The molecule has 0 aliphatic carbocycles. The van der Waals surface area contributed by atoms with E-state index in [1.165, 1.54) is 19.3 Å². The van der Waals surface area contributed by atoms with Crippen LogP contribution >= 0.6 is 0 Å². The van der Waals surface area contributed by atoms with Crippen molar-refractivity contribution in [2.75, 3.05) is 0 Å². The number of hydrogen-bond acceptors (Lipinski definition) is 3. The molecule has 0 heterocycles. The third-order valence-electron chi connectivity index (χ3n) is 3.98. The van der Waals surface area contributed by atoms with Crippen molar-refractivity contribution in [1.82, 2.24) is 0 Å². The molecule has 24 heavy (non-hydrogen) atoms. The number of aliphatic hydroxyl groups excluding tert-OH is 1. The smallest absolute Gasteiger partial charge is 0.197 e. The van der Waals surface area contributed by atoms with E-state index in [-0.39, 0.29) is 5.78 Å². The summed E-state index contributed by atoms with van der Waals surface area (Å²) >= 11 is 0. The van der Waals surface area contributed by atoms with Gasteiger partial charge in [-0.25, -0.2) is 0 Å². The van der Waals surface area contributed by atoms with Gasteiger partial charge in [0.15, 0.2) is 12.1 Å². The van der Waals surface area contributed by atoms with Crippen molar-refractivity contribution < 1.29 is 14.6 Å². The van der Waals surface area contributed by atoms with Crippen LogP contribution in [0.1, 0.15) is 61.4 Å². The maximum Gasteiger partial charge on any atom is 0.197 e. The van der Waals surface area contributed by atoms with Crippen molar-refractivity contribution in [2.45, 2.75) is 51.7 Å². The first kappa shape index (κ1) is 18.2. The van der Waals surface area contributed by atoms with Crippen LogP contribution in [0.2, 0.25) is 0 Å². The fraction of sp³-hybridized carbons (Fsp3) is 0.381. The number of unbranched alkanes of at least 4 members (excludes halogenated alkanes) is 4. The SMILES string of the molecule is CCCCCCCC(O)Oc1ccc(C(=O)c2ccccc2)cc1. The van der Waals surface area contributed by atoms with Gasteiger partial charge in [-0.3, -0.25) is 4.79 Å². The summed E-state index contributed by atoms with van der Waals surface area (Å²) in [6, 6.07) is 16.1. The number of hydrogen-bond donors (Lipinski definition) is 1. The fourth-order valence-corrected chi connectivity index (χ4v) is 2.58. The zero-order valence-electron chi connectivity index (χ0n) is 14.3. The maximum atomic E-state index is 12.3. The van der Waals surface area contributed by atoms with Crippen LogP contribution < -0.4 is 4.74 Å². The zero-order valence-corrected chi connectivity index (χ0v) is 14.3. The molecule has 3 heteroatoms. The third kappa shape index (κ3) is 5.82. The van der Waals surface area contributed by atoms with E-state index in [1.807, 2.05) is 18.2 Å². The van der Waals surface area contributed by atoms with E-state index in [2.05, 4.69) is 6.92 Å². The molecule has 0 saturated carbocycles. The van der Waals surface area contributed by atoms with Crippen LogP contribution in [-0.2, 0) is 0 Å². The zero-order chi connectivity index (χ0) is 17.2. The van der Waals surface area contributed by atoms with Crippen LogP contribution in [0.3, 0.4) is 0 Å². The molecule has 0 aliphatic heterocycles. The molecule has 0 radical (unpaired) electrons. The summed E-state index contributed by atoms with van der Waals surface area (Å²) in [4.78, 5) is 12.3. The van der Waals surface area contributed by atoms with Gasteiger partial charge in [0.25, 0.3) is 0 Å². The summed E-state index contributed by atoms with van der Waals surface area (Å²) in [5.74, 6) is 0.569. The molecular weight excluding hydrogens is 300 g/mol. The lowest BCUT2D eigenvalue weighted by Gasteiger charge is -2.13. The maximum absolute atomic E-state index is 12.3. The third-order valence-corrected chi connectivity index (χ3v) is 3.98. The highest BCUT2D eigenvalue weighted by molar-refractivity contribution is 6.08. The van der Waals surface area contributed by atoms with Gasteiger partial charge in [-0.15, -0.1) is 0 Å². The lowest BCUT2D eigenvalue weighted by molar-refractivity contribution is -0.0246. The molecule has 3 nitrogen and oxygen atoms in total. The highest BCUT2D eigenvalue weighted by Crippen LogP contribution is 2.18. The molecule has 1 atom stereocenters. The Kier molecular flexibility index (Phi) is 7.50. The highest BCUT2D eigenvalue weighted by atomic mass is 16.6. The minimum atomic E-state index is -0.790. The molecule has 1 N–H and O–H groups in total. The predicted molar refractivity (Wildman–Crippen MR) is 96.3 cm³/mol. The Morgan fingerprint density at radius 2 is 1.54 bits per heavy atom. The van der Waals surface area contributed by atoms with E-state index in [9.17, 15) is 9.90 Å². The molecule has 2 aromatic carbocycles. The van der Waals surface area contributed by atoms with Gasteiger partial charge in [-0.1, -0.05) is 62.9 Å². The summed E-state index contributed by atoms with van der Waals surface area (Å²) in [6.45, 7) is 2.18. The van der Waals surface area contributed by atoms with Crippen LogP contribution in [-0.4, -0.2) is 17.2 Å². The molecule has 2 aromatic rings. The van der Waals surface area contributed by atoms with Gasteiger partial charge in [-0.05, 0) is 30.7 Å². The number of carbonyl (C=O) groups is 1. The van der Waals surface area contributed by atoms with Crippen LogP contribution in [0.15, 0.2) is 54.6 Å². The van der Waals surface area contributed by atoms with Gasteiger partial charge < -0.3 is 9.84 Å². The lowest BCUT2D eigenvalue weighted by Crippen LogP contribution is -2.15. The summed E-state index contributed by atoms with van der Waals surface area (Å²) < 4.78 is 5.51. The summed E-state index contributed by atoms with van der Waals surface area (Å²) in [7, 11) is 0. The van der Waals surface area contributed by atoms with E-state index in [4.69, 9.17) is 4.74 Å². The fourth-order valence-electron chi connectivity index (χ4n) is 2.58. The predicted octanol–water partition coefficient (Wildman–Crippen LogP) is 4.98. The first-order chi connectivity index (χ1) is 11.7. The molecule has 0 saturated heterocycles. The van der Waals surface area contributed by atoms with E-state index in [0.29, 0.717) is 23.3 Å². The molecule has 1 unspecified atom stereocenters. The molecule has 0 aromatic heterocycles. The van der Waals surface area contributed by atoms with Crippen molar-refractivity contribution in [1.29, 1.82) is 0 Å². The van der Waals surface area contributed by atoms with Gasteiger partial charge in [0.2, 0.25) is 0 Å². The van der Waals surface area contributed by atoms with Gasteiger partial charge in [0.05, 0.1) is 0 Å². The Hall–Kier alpha value is -2.13. The monoisotopic (exact) mass is 326 g/mol. The van der Waals surface area contributed by atoms with Crippen LogP contribution in [0.4, 0.5) is 0 Å². The Morgan fingerprint density at radius 1 is 0.917 bits per heavy atom. The van der Waals surface area contributed by atoms with E-state index >= 15 is 0 Å². The first-order valence-electron chi connectivity index (χ1n) is 8.75. The van der Waals surface area contributed by atoms with E-state index in [1.54, 1.807) is 36.4 Å². The molecule has 0 spiro atoms. The second kappa shape index (κ2) is 9.89. The largest absolute Gasteiger partial charge is 0.465 e. The molecular formula is C21H26O3. The number of benzene rings is 2. The van der Waals surface area contributed by atoms with E-state index in [0.717, 1.165) is 12.8 Å². The number of carbonyl (C=O) groups excluding carboxylic acids is 1. The standard InChI is InChI=1S/C21H26O3/c1-2-3-4-5-9-12-20(22)24-19-15-13-18(14-16-19)21(23)17-10-7-6-8-11-17/h6-8,10-11,13-16,20,22H,2-5,9,12H2,1H3. The molecule has 128 valence electrons. The lowest BCUT2D eigenvalue weighted by atomic mass is 10.0. The first-order valence-corrected chi connectivity index (χ1v) is 8.75. The van der Waals surface area contributed by atoms with Crippen molar-refractivity contribution in [2.24, 2.45) is 0 Å². The molecule has 0 bridgehead atoms. The average molecular weight is 326 g/mol. The number of ether oxygens (including phenoxy) is 1.